The van der Waals surface area contributed by atoms with Crippen LogP contribution in [0.15, 0.2) is 30.3 Å². The Hall–Kier alpha value is -2.37. The number of nitrogens with one attached hydrogen (secondary N) is 1. The minimum absolute atomic E-state index is 0.238. The normalized spacial score (nSPS) is 10.3. The van der Waals surface area contributed by atoms with E-state index in [4.69, 9.17) is 0 Å². The summed E-state index contributed by atoms with van der Waals surface area (Å²) in [6.45, 7) is 0. The van der Waals surface area contributed by atoms with Gasteiger partial charge in [-0.2, -0.15) is 0 Å². The van der Waals surface area contributed by atoms with E-state index in [0.717, 1.165) is 6.29 Å². The molecule has 0 heterocycles. The molecule has 0 aliphatic rings. The Labute approximate surface area is 105 Å². The molecule has 2 nitrogen and oxygen atoms in total. The number of rotatable bonds is 3. The quantitative estimate of drug-likeness (QED) is 0.682. The van der Waals surface area contributed by atoms with Crippen LogP contribution >= 0.6 is 0 Å². The smallest absolute Gasteiger partial charge is 0.239 e. The number of benzene rings is 2. The maximum atomic E-state index is 13.6. The zero-order valence-electron chi connectivity index (χ0n) is 9.31. The maximum Gasteiger partial charge on any atom is 0.239 e. The highest BCUT2D eigenvalue weighted by atomic mass is 19.2. The molecule has 0 aliphatic carbocycles. The Balaban J connectivity index is 2.56. The van der Waals surface area contributed by atoms with Gasteiger partial charge in [0.1, 0.15) is 11.3 Å². The van der Waals surface area contributed by atoms with E-state index in [2.05, 4.69) is 5.32 Å². The number of carbonyl (C=O) groups excluding carboxylic acids is 1. The summed E-state index contributed by atoms with van der Waals surface area (Å²) in [5.41, 5.74) is -2.16. The van der Waals surface area contributed by atoms with E-state index in [1.807, 2.05) is 0 Å². The topological polar surface area (TPSA) is 29.1 Å². The predicted molar refractivity (Wildman–Crippen MR) is 60.8 cm³/mol. The lowest BCUT2D eigenvalue weighted by Gasteiger charge is -2.11. The second-order valence-corrected chi connectivity index (χ2v) is 3.60. The Kier molecular flexibility index (Phi) is 3.50. The van der Waals surface area contributed by atoms with E-state index in [1.54, 1.807) is 18.2 Å². The van der Waals surface area contributed by atoms with E-state index < -0.39 is 34.5 Å². The van der Waals surface area contributed by atoms with E-state index in [1.165, 1.54) is 12.1 Å². The molecule has 0 saturated heterocycles. The summed E-state index contributed by atoms with van der Waals surface area (Å²) < 4.78 is 53.7. The lowest BCUT2D eigenvalue weighted by molar-refractivity contribution is 0.453. The van der Waals surface area contributed by atoms with Gasteiger partial charge >= 0.3 is 0 Å². The van der Waals surface area contributed by atoms with Crippen LogP contribution in [0.4, 0.5) is 28.9 Å². The standard InChI is InChI=1S/C13H6F4NO/c14-9-8(6-19)10(15)12(17)13(11(9)16)18-7-4-2-1-3-5-7/h1-5,18H. The monoisotopic (exact) mass is 268 g/mol. The van der Waals surface area contributed by atoms with Crippen LogP contribution in [-0.4, -0.2) is 6.29 Å². The van der Waals surface area contributed by atoms with Gasteiger partial charge in [-0.25, -0.2) is 17.6 Å². The Morgan fingerprint density at radius 1 is 0.842 bits per heavy atom. The molecule has 1 N–H and O–H groups in total. The minimum Gasteiger partial charge on any atom is -0.351 e. The van der Waals surface area contributed by atoms with Gasteiger partial charge in [-0.15, -0.1) is 0 Å². The first-order chi connectivity index (χ1) is 9.06. The van der Waals surface area contributed by atoms with Crippen molar-refractivity contribution in [2.75, 3.05) is 5.32 Å². The molecule has 0 saturated carbocycles. The van der Waals surface area contributed by atoms with Crippen molar-refractivity contribution in [1.29, 1.82) is 0 Å². The second kappa shape index (κ2) is 5.09. The fourth-order valence-corrected chi connectivity index (χ4v) is 1.50. The molecule has 1 radical (unpaired) electrons. The fraction of sp³-hybridized carbons (Fsp3) is 0. The average Bonchev–Trinajstić information content (AvgIpc) is 2.43. The molecule has 2 aromatic carbocycles. The SMILES string of the molecule is O=[C]c1c(F)c(F)c(Nc2ccccc2)c(F)c1F. The number of anilines is 2. The molecular weight excluding hydrogens is 262 g/mol. The van der Waals surface area contributed by atoms with E-state index in [9.17, 15) is 22.4 Å². The van der Waals surface area contributed by atoms with Gasteiger partial charge in [0.2, 0.25) is 6.29 Å². The van der Waals surface area contributed by atoms with E-state index >= 15 is 0 Å². The molecule has 2 aromatic rings. The van der Waals surface area contributed by atoms with Crippen molar-refractivity contribution in [1.82, 2.24) is 0 Å². The third-order valence-electron chi connectivity index (χ3n) is 2.41. The predicted octanol–water partition coefficient (Wildman–Crippen LogP) is 3.44. The van der Waals surface area contributed by atoms with Gasteiger partial charge in [0.15, 0.2) is 23.3 Å². The molecule has 0 spiro atoms. The Morgan fingerprint density at radius 2 is 1.37 bits per heavy atom. The summed E-state index contributed by atoms with van der Waals surface area (Å²) in [6.07, 6.45) is 0.828. The number of hydrogen-bond donors (Lipinski definition) is 1. The van der Waals surface area contributed by atoms with E-state index in [-0.39, 0.29) is 5.69 Å². The molecule has 19 heavy (non-hydrogen) atoms. The zero-order valence-corrected chi connectivity index (χ0v) is 9.31. The summed E-state index contributed by atoms with van der Waals surface area (Å²) in [6, 6.07) is 7.70. The van der Waals surface area contributed by atoms with Crippen molar-refractivity contribution < 1.29 is 22.4 Å². The molecule has 0 aliphatic heterocycles. The summed E-state index contributed by atoms with van der Waals surface area (Å²) in [7, 11) is 0. The van der Waals surface area contributed by atoms with Crippen LogP contribution in [0.5, 0.6) is 0 Å². The fourth-order valence-electron chi connectivity index (χ4n) is 1.50. The van der Waals surface area contributed by atoms with Gasteiger partial charge in [-0.3, -0.25) is 4.79 Å². The Morgan fingerprint density at radius 3 is 1.84 bits per heavy atom. The highest BCUT2D eigenvalue weighted by molar-refractivity contribution is 5.78. The van der Waals surface area contributed by atoms with Crippen molar-refractivity contribution in [3.8, 4) is 0 Å². The highest BCUT2D eigenvalue weighted by Gasteiger charge is 2.25. The lowest BCUT2D eigenvalue weighted by atomic mass is 10.1. The van der Waals surface area contributed by atoms with Gasteiger partial charge in [-0.05, 0) is 12.1 Å². The van der Waals surface area contributed by atoms with Crippen LogP contribution in [0.2, 0.25) is 0 Å². The van der Waals surface area contributed by atoms with Crippen molar-refractivity contribution >= 4 is 17.7 Å². The molecule has 97 valence electrons. The lowest BCUT2D eigenvalue weighted by Crippen LogP contribution is -2.07. The molecule has 0 fully saturated rings. The molecule has 2 rings (SSSR count). The van der Waals surface area contributed by atoms with Gasteiger partial charge in [-0.1, -0.05) is 18.2 Å². The van der Waals surface area contributed by atoms with Gasteiger partial charge in [0, 0.05) is 5.69 Å². The first kappa shape index (κ1) is 13.1. The number of para-hydroxylation sites is 1. The highest BCUT2D eigenvalue weighted by Crippen LogP contribution is 2.29. The molecular formula is C13H6F4NO. The van der Waals surface area contributed by atoms with Gasteiger partial charge < -0.3 is 5.32 Å². The summed E-state index contributed by atoms with van der Waals surface area (Å²) in [5, 5.41) is 2.21. The third-order valence-corrected chi connectivity index (χ3v) is 2.41. The van der Waals surface area contributed by atoms with Crippen molar-refractivity contribution in [3.05, 3.63) is 59.2 Å². The van der Waals surface area contributed by atoms with Crippen LogP contribution in [0.3, 0.4) is 0 Å². The van der Waals surface area contributed by atoms with Crippen LogP contribution in [0.1, 0.15) is 5.56 Å². The zero-order chi connectivity index (χ0) is 14.0. The van der Waals surface area contributed by atoms with Crippen LogP contribution in [-0.2, 0) is 4.79 Å². The summed E-state index contributed by atoms with van der Waals surface area (Å²) >= 11 is 0. The third kappa shape index (κ3) is 2.29. The number of hydrogen-bond acceptors (Lipinski definition) is 2. The van der Waals surface area contributed by atoms with Crippen LogP contribution < -0.4 is 5.32 Å². The Bertz CT molecular complexity index is 599. The first-order valence-electron chi connectivity index (χ1n) is 5.12. The summed E-state index contributed by atoms with van der Waals surface area (Å²) in [4.78, 5) is 10.3. The van der Waals surface area contributed by atoms with Crippen molar-refractivity contribution in [2.45, 2.75) is 0 Å². The van der Waals surface area contributed by atoms with Gasteiger partial charge in [0.25, 0.3) is 0 Å². The molecule has 0 atom stereocenters. The molecule has 0 amide bonds. The first-order valence-corrected chi connectivity index (χ1v) is 5.12. The molecule has 0 bridgehead atoms. The summed E-state index contributed by atoms with van der Waals surface area (Å²) in [5.74, 6) is -6.93. The second-order valence-electron chi connectivity index (χ2n) is 3.60. The molecule has 0 aromatic heterocycles. The van der Waals surface area contributed by atoms with Crippen molar-refractivity contribution in [3.63, 3.8) is 0 Å². The largest absolute Gasteiger partial charge is 0.351 e. The van der Waals surface area contributed by atoms with Crippen molar-refractivity contribution in [2.24, 2.45) is 0 Å². The van der Waals surface area contributed by atoms with Crippen LogP contribution in [0.25, 0.3) is 0 Å². The van der Waals surface area contributed by atoms with Crippen LogP contribution in [0, 0.1) is 23.3 Å². The average molecular weight is 268 g/mol. The minimum atomic E-state index is -1.78. The molecule has 6 heteroatoms. The van der Waals surface area contributed by atoms with E-state index in [0.29, 0.717) is 0 Å². The number of halogens is 4. The molecule has 0 unspecified atom stereocenters. The maximum absolute atomic E-state index is 13.6. The van der Waals surface area contributed by atoms with Gasteiger partial charge in [0.05, 0.1) is 0 Å².